The molecule has 2 unspecified atom stereocenters. The fourth-order valence-corrected chi connectivity index (χ4v) is 3.53. The Hall–Kier alpha value is -1.40. The first kappa shape index (κ1) is 16.0. The molecule has 2 atom stereocenters. The van der Waals surface area contributed by atoms with E-state index < -0.39 is 12.0 Å². The van der Waals surface area contributed by atoms with Crippen LogP contribution in [0.15, 0.2) is 24.3 Å². The molecule has 0 bridgehead atoms. The molecule has 7 heteroatoms. The maximum absolute atomic E-state index is 12.2. The molecule has 0 aliphatic carbocycles. The number of hydrogen-bond donors (Lipinski definition) is 1. The van der Waals surface area contributed by atoms with Gasteiger partial charge >= 0.3 is 5.97 Å². The first-order chi connectivity index (χ1) is 10.0. The summed E-state index contributed by atoms with van der Waals surface area (Å²) in [6.45, 7) is 2.00. The third-order valence-electron chi connectivity index (χ3n) is 3.21. The van der Waals surface area contributed by atoms with Crippen LogP contribution in [0.1, 0.15) is 13.3 Å². The van der Waals surface area contributed by atoms with Crippen molar-refractivity contribution in [1.29, 1.82) is 0 Å². The van der Waals surface area contributed by atoms with E-state index in [9.17, 15) is 9.59 Å². The van der Waals surface area contributed by atoms with Crippen molar-refractivity contribution >= 4 is 35.2 Å². The Morgan fingerprint density at radius 3 is 2.86 bits per heavy atom. The van der Waals surface area contributed by atoms with Gasteiger partial charge in [-0.2, -0.15) is 0 Å². The molecule has 114 valence electrons. The molecule has 1 aliphatic heterocycles. The first-order valence-electron chi connectivity index (χ1n) is 6.53. The Kier molecular flexibility index (Phi) is 5.36. The van der Waals surface area contributed by atoms with E-state index in [0.717, 1.165) is 0 Å². The molecule has 0 saturated carbocycles. The highest BCUT2D eigenvalue weighted by molar-refractivity contribution is 8.00. The van der Waals surface area contributed by atoms with Gasteiger partial charge in [0.15, 0.2) is 0 Å². The minimum Gasteiger partial charge on any atom is -0.491 e. The Morgan fingerprint density at radius 2 is 2.19 bits per heavy atom. The van der Waals surface area contributed by atoms with Gasteiger partial charge in [0, 0.05) is 5.75 Å². The SMILES string of the molecule is CC1SCC(C(=O)O)N1C(=O)CCOc1ccccc1Cl. The van der Waals surface area contributed by atoms with Crippen LogP contribution in [0.4, 0.5) is 0 Å². The molecule has 0 radical (unpaired) electrons. The number of carbonyl (C=O) groups excluding carboxylic acids is 1. The summed E-state index contributed by atoms with van der Waals surface area (Å²) in [6, 6.07) is 6.27. The van der Waals surface area contributed by atoms with Crippen molar-refractivity contribution in [3.63, 3.8) is 0 Å². The van der Waals surface area contributed by atoms with Crippen LogP contribution in [-0.2, 0) is 9.59 Å². The highest BCUT2D eigenvalue weighted by Gasteiger charge is 2.39. The van der Waals surface area contributed by atoms with E-state index >= 15 is 0 Å². The molecule has 1 aromatic rings. The number of aliphatic carboxylic acids is 1. The number of benzene rings is 1. The van der Waals surface area contributed by atoms with Crippen LogP contribution >= 0.6 is 23.4 Å². The lowest BCUT2D eigenvalue weighted by molar-refractivity contribution is -0.149. The molecular formula is C14H16ClNO4S. The lowest BCUT2D eigenvalue weighted by atomic mass is 10.2. The first-order valence-corrected chi connectivity index (χ1v) is 7.96. The number of para-hydroxylation sites is 1. The molecule has 1 heterocycles. The monoisotopic (exact) mass is 329 g/mol. The molecule has 0 aromatic heterocycles. The second-order valence-corrected chi connectivity index (χ2v) is 6.37. The van der Waals surface area contributed by atoms with Crippen molar-refractivity contribution in [3.8, 4) is 5.75 Å². The van der Waals surface area contributed by atoms with Gasteiger partial charge in [0.2, 0.25) is 5.91 Å². The zero-order valence-electron chi connectivity index (χ0n) is 11.5. The number of thioether (sulfide) groups is 1. The van der Waals surface area contributed by atoms with E-state index in [4.69, 9.17) is 21.4 Å². The number of ether oxygens (including phenoxy) is 1. The number of nitrogens with zero attached hydrogens (tertiary/aromatic N) is 1. The fraction of sp³-hybridized carbons (Fsp3) is 0.429. The predicted octanol–water partition coefficient (Wildman–Crippen LogP) is 2.48. The normalized spacial score (nSPS) is 21.3. The number of hydrogen-bond acceptors (Lipinski definition) is 4. The average Bonchev–Trinajstić information content (AvgIpc) is 2.83. The largest absolute Gasteiger partial charge is 0.491 e. The van der Waals surface area contributed by atoms with Crippen molar-refractivity contribution in [1.82, 2.24) is 4.90 Å². The van der Waals surface area contributed by atoms with Crippen molar-refractivity contribution in [3.05, 3.63) is 29.3 Å². The molecule has 2 rings (SSSR count). The smallest absolute Gasteiger partial charge is 0.327 e. The number of carboxylic acids is 1. The minimum atomic E-state index is -0.966. The van der Waals surface area contributed by atoms with Crippen molar-refractivity contribution in [2.24, 2.45) is 0 Å². The summed E-state index contributed by atoms with van der Waals surface area (Å²) in [5.74, 6) is -0.238. The summed E-state index contributed by atoms with van der Waals surface area (Å²) in [5, 5.41) is 9.49. The second-order valence-electron chi connectivity index (χ2n) is 4.62. The lowest BCUT2D eigenvalue weighted by Crippen LogP contribution is -2.45. The molecule has 1 aliphatic rings. The van der Waals surface area contributed by atoms with E-state index in [2.05, 4.69) is 0 Å². The average molecular weight is 330 g/mol. The minimum absolute atomic E-state index is 0.125. The van der Waals surface area contributed by atoms with Gasteiger partial charge in [0.05, 0.1) is 23.4 Å². The summed E-state index contributed by atoms with van der Waals surface area (Å²) < 4.78 is 5.46. The van der Waals surface area contributed by atoms with Crippen LogP contribution in [0.2, 0.25) is 5.02 Å². The Morgan fingerprint density at radius 1 is 1.48 bits per heavy atom. The standard InChI is InChI=1S/C14H16ClNO4S/c1-9-16(11(8-21-9)14(18)19)13(17)6-7-20-12-5-3-2-4-10(12)15/h2-5,9,11H,6-8H2,1H3,(H,18,19). The van der Waals surface area contributed by atoms with Crippen LogP contribution in [0.5, 0.6) is 5.75 Å². The molecule has 1 N–H and O–H groups in total. The molecule has 5 nitrogen and oxygen atoms in total. The van der Waals surface area contributed by atoms with Gasteiger partial charge in [0.25, 0.3) is 0 Å². The van der Waals surface area contributed by atoms with Crippen LogP contribution in [0.25, 0.3) is 0 Å². The van der Waals surface area contributed by atoms with Crippen LogP contribution in [-0.4, -0.2) is 45.7 Å². The third-order valence-corrected chi connectivity index (χ3v) is 4.74. The van der Waals surface area contributed by atoms with Gasteiger partial charge in [0.1, 0.15) is 11.8 Å². The van der Waals surface area contributed by atoms with E-state index in [1.54, 1.807) is 24.3 Å². The zero-order chi connectivity index (χ0) is 15.4. The predicted molar refractivity (Wildman–Crippen MR) is 81.8 cm³/mol. The fourth-order valence-electron chi connectivity index (χ4n) is 2.15. The van der Waals surface area contributed by atoms with E-state index in [0.29, 0.717) is 16.5 Å². The summed E-state index contributed by atoms with van der Waals surface area (Å²) in [5.41, 5.74) is 0. The summed E-state index contributed by atoms with van der Waals surface area (Å²) >= 11 is 7.42. The Labute approximate surface area is 132 Å². The Bertz CT molecular complexity index is 539. The quantitative estimate of drug-likeness (QED) is 0.899. The van der Waals surface area contributed by atoms with Gasteiger partial charge in [-0.25, -0.2) is 4.79 Å². The highest BCUT2D eigenvalue weighted by atomic mass is 35.5. The van der Waals surface area contributed by atoms with Crippen molar-refractivity contribution < 1.29 is 19.4 Å². The highest BCUT2D eigenvalue weighted by Crippen LogP contribution is 2.29. The number of rotatable bonds is 5. The van der Waals surface area contributed by atoms with Crippen molar-refractivity contribution in [2.75, 3.05) is 12.4 Å². The van der Waals surface area contributed by atoms with Gasteiger partial charge in [-0.3, -0.25) is 4.79 Å². The second kappa shape index (κ2) is 7.04. The van der Waals surface area contributed by atoms with Gasteiger partial charge < -0.3 is 14.7 Å². The van der Waals surface area contributed by atoms with Crippen LogP contribution < -0.4 is 4.74 Å². The summed E-state index contributed by atoms with van der Waals surface area (Å²) in [6.07, 6.45) is 0.125. The van der Waals surface area contributed by atoms with Crippen molar-refractivity contribution in [2.45, 2.75) is 24.8 Å². The maximum Gasteiger partial charge on any atom is 0.327 e. The lowest BCUT2D eigenvalue weighted by Gasteiger charge is -2.25. The summed E-state index contributed by atoms with van der Waals surface area (Å²) in [4.78, 5) is 24.7. The molecule has 0 spiro atoms. The maximum atomic E-state index is 12.2. The van der Waals surface area contributed by atoms with Gasteiger partial charge in [-0.15, -0.1) is 11.8 Å². The molecular weight excluding hydrogens is 314 g/mol. The molecule has 1 aromatic carbocycles. The van der Waals surface area contributed by atoms with Crippen LogP contribution in [0, 0.1) is 0 Å². The third kappa shape index (κ3) is 3.83. The number of amides is 1. The zero-order valence-corrected chi connectivity index (χ0v) is 13.1. The molecule has 1 fully saturated rings. The van der Waals surface area contributed by atoms with E-state index in [-0.39, 0.29) is 24.3 Å². The van der Waals surface area contributed by atoms with Crippen LogP contribution in [0.3, 0.4) is 0 Å². The number of halogens is 1. The topological polar surface area (TPSA) is 66.8 Å². The number of carboxylic acid groups (broad SMARTS) is 1. The molecule has 1 saturated heterocycles. The number of carbonyl (C=O) groups is 2. The van der Waals surface area contributed by atoms with E-state index in [1.165, 1.54) is 16.7 Å². The van der Waals surface area contributed by atoms with Gasteiger partial charge in [-0.1, -0.05) is 23.7 Å². The van der Waals surface area contributed by atoms with E-state index in [1.807, 2.05) is 6.92 Å². The molecule has 1 amide bonds. The molecule has 21 heavy (non-hydrogen) atoms. The Balaban J connectivity index is 1.89. The summed E-state index contributed by atoms with van der Waals surface area (Å²) in [7, 11) is 0. The van der Waals surface area contributed by atoms with Gasteiger partial charge in [-0.05, 0) is 19.1 Å².